The molecule has 2 nitrogen and oxygen atoms in total. The van der Waals surface area contributed by atoms with E-state index in [1.54, 1.807) is 12.1 Å². The van der Waals surface area contributed by atoms with Gasteiger partial charge in [0.15, 0.2) is 5.62 Å². The van der Waals surface area contributed by atoms with Crippen molar-refractivity contribution < 1.29 is 14.0 Å². The van der Waals surface area contributed by atoms with E-state index in [2.05, 4.69) is 0 Å². The van der Waals surface area contributed by atoms with Crippen LogP contribution in [0.4, 0.5) is 4.39 Å². The van der Waals surface area contributed by atoms with Crippen molar-refractivity contribution in [2.24, 2.45) is 0 Å². The molecule has 1 aromatic rings. The molecule has 0 fully saturated rings. The molecule has 0 saturated heterocycles. The molecule has 14 heavy (non-hydrogen) atoms. The van der Waals surface area contributed by atoms with Crippen LogP contribution in [0, 0.1) is 5.82 Å². The summed E-state index contributed by atoms with van der Waals surface area (Å²) in [7, 11) is 0. The van der Waals surface area contributed by atoms with E-state index in [-0.39, 0.29) is 11.1 Å². The van der Waals surface area contributed by atoms with E-state index in [1.165, 1.54) is 12.1 Å². The van der Waals surface area contributed by atoms with Gasteiger partial charge in [-0.1, -0.05) is 23.9 Å². The Hall–Kier alpha value is -1.16. The Labute approximate surface area is 85.5 Å². The van der Waals surface area contributed by atoms with Crippen LogP contribution in [-0.4, -0.2) is 17.2 Å². The van der Waals surface area contributed by atoms with E-state index in [0.717, 1.165) is 23.6 Å². The zero-order valence-electron chi connectivity index (χ0n) is 7.35. The van der Waals surface area contributed by atoms with Crippen LogP contribution in [0.2, 0.25) is 0 Å². The van der Waals surface area contributed by atoms with Crippen molar-refractivity contribution in [3.63, 3.8) is 0 Å². The number of thioether (sulfide) groups is 1. The lowest BCUT2D eigenvalue weighted by atomic mass is 10.1. The van der Waals surface area contributed by atoms with Crippen molar-refractivity contribution in [3.8, 4) is 0 Å². The van der Waals surface area contributed by atoms with Gasteiger partial charge >= 0.3 is 0 Å². The topological polar surface area (TPSA) is 34.1 Å². The summed E-state index contributed by atoms with van der Waals surface area (Å²) in [5.41, 5.74) is 1.49. The van der Waals surface area contributed by atoms with Crippen LogP contribution in [0.3, 0.4) is 0 Å². The van der Waals surface area contributed by atoms with Gasteiger partial charge in [0.1, 0.15) is 12.1 Å². The highest BCUT2D eigenvalue weighted by Crippen LogP contribution is 2.12. The minimum absolute atomic E-state index is 0.306. The van der Waals surface area contributed by atoms with Gasteiger partial charge < -0.3 is 4.79 Å². The molecule has 0 heterocycles. The summed E-state index contributed by atoms with van der Waals surface area (Å²) in [6.45, 7) is 0. The molecule has 0 aromatic heterocycles. The molecule has 0 N–H and O–H groups in total. The molecule has 0 radical (unpaired) electrons. The predicted octanol–water partition coefficient (Wildman–Crippen LogP) is 1.86. The Morgan fingerprint density at radius 1 is 1.29 bits per heavy atom. The molecule has 0 bridgehead atoms. The zero-order chi connectivity index (χ0) is 10.4. The molecular weight excluding hydrogens is 203 g/mol. The van der Waals surface area contributed by atoms with Crippen molar-refractivity contribution in [2.75, 3.05) is 0 Å². The third-order valence-electron chi connectivity index (χ3n) is 1.73. The quantitative estimate of drug-likeness (QED) is 0.699. The summed E-state index contributed by atoms with van der Waals surface area (Å²) in [4.78, 5) is 20.7. The molecule has 4 heteroatoms. The maximum absolute atomic E-state index is 12.5. The van der Waals surface area contributed by atoms with Gasteiger partial charge in [-0.25, -0.2) is 4.39 Å². The highest BCUT2D eigenvalue weighted by Gasteiger charge is 2.08. The first-order chi connectivity index (χ1) is 6.76. The standard InChI is InChI=1S/C10H9FO2S/c11-9-3-1-8(2-4-9)5-10(6-12)14-7-13/h1-4,6-7,10H,5H2. The van der Waals surface area contributed by atoms with E-state index in [0.29, 0.717) is 12.0 Å². The van der Waals surface area contributed by atoms with Gasteiger partial charge in [-0.15, -0.1) is 0 Å². The van der Waals surface area contributed by atoms with Crippen LogP contribution < -0.4 is 0 Å². The highest BCUT2D eigenvalue weighted by molar-refractivity contribution is 8.12. The molecule has 0 aliphatic heterocycles. The van der Waals surface area contributed by atoms with Gasteiger partial charge in [-0.3, -0.25) is 4.79 Å². The molecular formula is C10H9FO2S. The Morgan fingerprint density at radius 3 is 2.43 bits per heavy atom. The average molecular weight is 212 g/mol. The molecule has 1 aromatic carbocycles. The molecule has 1 unspecified atom stereocenters. The first-order valence-corrected chi connectivity index (χ1v) is 4.99. The predicted molar refractivity (Wildman–Crippen MR) is 54.3 cm³/mol. The number of carbonyl (C=O) groups is 2. The summed E-state index contributed by atoms with van der Waals surface area (Å²) in [5, 5.41) is -0.377. The fraction of sp³-hybridized carbons (Fsp3) is 0.200. The largest absolute Gasteiger partial charge is 0.302 e. The lowest BCUT2D eigenvalue weighted by Gasteiger charge is -2.05. The third kappa shape index (κ3) is 3.30. The maximum Gasteiger partial charge on any atom is 0.176 e. The van der Waals surface area contributed by atoms with Crippen molar-refractivity contribution in [1.29, 1.82) is 0 Å². The molecule has 0 aliphatic carbocycles. The number of hydrogen-bond acceptors (Lipinski definition) is 3. The van der Waals surface area contributed by atoms with Gasteiger partial charge in [-0.2, -0.15) is 0 Å². The Kier molecular flexibility index (Phi) is 4.32. The minimum atomic E-state index is -0.377. The van der Waals surface area contributed by atoms with Crippen LogP contribution in [-0.2, 0) is 16.0 Å². The first kappa shape index (κ1) is 10.9. The van der Waals surface area contributed by atoms with Crippen LogP contribution in [0.25, 0.3) is 0 Å². The summed E-state index contributed by atoms with van der Waals surface area (Å²) in [6, 6.07) is 5.89. The fourth-order valence-corrected chi connectivity index (χ4v) is 1.55. The number of rotatable bonds is 5. The van der Waals surface area contributed by atoms with E-state index in [9.17, 15) is 14.0 Å². The highest BCUT2D eigenvalue weighted by atomic mass is 32.2. The van der Waals surface area contributed by atoms with Gasteiger partial charge in [0.05, 0.1) is 5.25 Å². The van der Waals surface area contributed by atoms with Gasteiger partial charge in [0.2, 0.25) is 0 Å². The van der Waals surface area contributed by atoms with Crippen molar-refractivity contribution in [2.45, 2.75) is 11.7 Å². The van der Waals surface area contributed by atoms with Crippen molar-refractivity contribution in [3.05, 3.63) is 35.6 Å². The van der Waals surface area contributed by atoms with Crippen LogP contribution in [0.15, 0.2) is 24.3 Å². The minimum Gasteiger partial charge on any atom is -0.302 e. The number of aldehydes is 1. The second-order valence-electron chi connectivity index (χ2n) is 2.74. The lowest BCUT2D eigenvalue weighted by molar-refractivity contribution is -0.107. The molecule has 1 rings (SSSR count). The fourth-order valence-electron chi connectivity index (χ4n) is 1.05. The van der Waals surface area contributed by atoms with Crippen molar-refractivity contribution in [1.82, 2.24) is 0 Å². The van der Waals surface area contributed by atoms with Crippen LogP contribution in [0.5, 0.6) is 0 Å². The first-order valence-electron chi connectivity index (χ1n) is 4.05. The van der Waals surface area contributed by atoms with E-state index in [1.807, 2.05) is 0 Å². The summed E-state index contributed by atoms with van der Waals surface area (Å²) >= 11 is 0.933. The molecule has 0 spiro atoms. The summed E-state index contributed by atoms with van der Waals surface area (Å²) < 4.78 is 12.5. The third-order valence-corrected chi connectivity index (χ3v) is 2.47. The van der Waals surface area contributed by atoms with Gasteiger partial charge in [0, 0.05) is 0 Å². The Balaban J connectivity index is 2.62. The average Bonchev–Trinajstić information content (AvgIpc) is 2.20. The Bertz CT molecular complexity index is 310. The molecule has 0 amide bonds. The molecule has 0 saturated carbocycles. The van der Waals surface area contributed by atoms with E-state index >= 15 is 0 Å². The molecule has 1 atom stereocenters. The maximum atomic E-state index is 12.5. The molecule has 74 valence electrons. The lowest BCUT2D eigenvalue weighted by Crippen LogP contribution is -2.08. The smallest absolute Gasteiger partial charge is 0.176 e. The Morgan fingerprint density at radius 2 is 1.93 bits per heavy atom. The number of benzene rings is 1. The monoisotopic (exact) mass is 212 g/mol. The van der Waals surface area contributed by atoms with E-state index in [4.69, 9.17) is 0 Å². The number of halogens is 1. The zero-order valence-corrected chi connectivity index (χ0v) is 8.17. The summed E-state index contributed by atoms with van der Waals surface area (Å²) in [5.74, 6) is -0.306. The van der Waals surface area contributed by atoms with Crippen LogP contribution >= 0.6 is 11.8 Å². The van der Waals surface area contributed by atoms with Crippen LogP contribution in [0.1, 0.15) is 5.56 Å². The molecule has 0 aliphatic rings. The summed E-state index contributed by atoms with van der Waals surface area (Å²) in [6.07, 6.45) is 1.18. The second-order valence-corrected chi connectivity index (χ2v) is 3.81. The number of carbonyl (C=O) groups excluding carboxylic acids is 2. The van der Waals surface area contributed by atoms with E-state index < -0.39 is 0 Å². The number of hydrogen-bond donors (Lipinski definition) is 0. The SMILES string of the molecule is O=CSC(C=O)Cc1ccc(F)cc1. The second kappa shape index (κ2) is 5.54. The van der Waals surface area contributed by atoms with Gasteiger partial charge in [0.25, 0.3) is 0 Å². The van der Waals surface area contributed by atoms with Gasteiger partial charge in [-0.05, 0) is 24.1 Å². The van der Waals surface area contributed by atoms with Crippen molar-refractivity contribution >= 4 is 23.7 Å². The normalized spacial score (nSPS) is 12.1.